The fraction of sp³-hybridized carbons (Fsp3) is 0.100. The molecule has 0 spiro atoms. The summed E-state index contributed by atoms with van der Waals surface area (Å²) in [5, 5.41) is 5.82. The van der Waals surface area contributed by atoms with Gasteiger partial charge in [0, 0.05) is 24.0 Å². The predicted molar refractivity (Wildman–Crippen MR) is 109 cm³/mol. The number of carbonyl (C=O) groups is 1. The lowest BCUT2D eigenvalue weighted by molar-refractivity contribution is 0.102. The van der Waals surface area contributed by atoms with Crippen LogP contribution in [0.25, 0.3) is 0 Å². The molecule has 1 aromatic heterocycles. The molecule has 9 heteroatoms. The van der Waals surface area contributed by atoms with Crippen molar-refractivity contribution in [1.29, 1.82) is 0 Å². The molecule has 3 N–H and O–H groups in total. The van der Waals surface area contributed by atoms with Crippen LogP contribution in [0.5, 0.6) is 0 Å². The molecule has 3 rings (SSSR count). The number of pyridine rings is 1. The second kappa shape index (κ2) is 8.80. The van der Waals surface area contributed by atoms with Gasteiger partial charge in [-0.3, -0.25) is 4.79 Å². The highest BCUT2D eigenvalue weighted by Gasteiger charge is 2.11. The van der Waals surface area contributed by atoms with Gasteiger partial charge in [-0.15, -0.1) is 0 Å². The minimum Gasteiger partial charge on any atom is -0.366 e. The zero-order chi connectivity index (χ0) is 20.9. The summed E-state index contributed by atoms with van der Waals surface area (Å²) < 4.78 is 38.9. The van der Waals surface area contributed by atoms with E-state index < -0.39 is 21.7 Å². The zero-order valence-electron chi connectivity index (χ0n) is 15.5. The number of rotatable bonds is 7. The van der Waals surface area contributed by atoms with Gasteiger partial charge in [0.05, 0.1) is 0 Å². The van der Waals surface area contributed by atoms with Crippen LogP contribution in [0.2, 0.25) is 0 Å². The molecule has 7 nitrogen and oxygen atoms in total. The molecule has 1 amide bonds. The van der Waals surface area contributed by atoms with E-state index in [0.29, 0.717) is 18.1 Å². The molecule has 0 atom stereocenters. The molecule has 0 aliphatic heterocycles. The number of aromatic nitrogens is 1. The Hall–Kier alpha value is -3.30. The highest BCUT2D eigenvalue weighted by molar-refractivity contribution is 7.89. The third kappa shape index (κ3) is 5.37. The number of halogens is 1. The van der Waals surface area contributed by atoms with E-state index in [0.717, 1.165) is 5.56 Å². The van der Waals surface area contributed by atoms with Crippen LogP contribution in [0.15, 0.2) is 71.8 Å². The highest BCUT2D eigenvalue weighted by Crippen LogP contribution is 2.15. The molecule has 2 aromatic carbocycles. The van der Waals surface area contributed by atoms with E-state index in [9.17, 15) is 17.6 Å². The SMILES string of the molecule is CNS(=O)(=O)c1ccc(NCc2cccc(NC(=O)c3cccc(F)c3)c2)nc1. The van der Waals surface area contributed by atoms with Crippen molar-refractivity contribution < 1.29 is 17.6 Å². The van der Waals surface area contributed by atoms with Crippen LogP contribution in [0.1, 0.15) is 15.9 Å². The van der Waals surface area contributed by atoms with Crippen LogP contribution in [0.4, 0.5) is 15.9 Å². The smallest absolute Gasteiger partial charge is 0.255 e. The Labute approximate surface area is 168 Å². The summed E-state index contributed by atoms with van der Waals surface area (Å²) in [6.07, 6.45) is 1.27. The Kier molecular flexibility index (Phi) is 6.20. The lowest BCUT2D eigenvalue weighted by Crippen LogP contribution is -2.18. The minimum absolute atomic E-state index is 0.0765. The number of benzene rings is 2. The number of anilines is 2. The molecule has 0 saturated carbocycles. The van der Waals surface area contributed by atoms with E-state index in [1.54, 1.807) is 24.3 Å². The Balaban J connectivity index is 1.63. The summed E-state index contributed by atoms with van der Waals surface area (Å²) >= 11 is 0. The monoisotopic (exact) mass is 414 g/mol. The molecule has 29 heavy (non-hydrogen) atoms. The number of hydrogen-bond acceptors (Lipinski definition) is 5. The van der Waals surface area contributed by atoms with Crippen LogP contribution in [-0.4, -0.2) is 26.4 Å². The molecular formula is C20H19FN4O3S. The van der Waals surface area contributed by atoms with Gasteiger partial charge in [-0.1, -0.05) is 18.2 Å². The van der Waals surface area contributed by atoms with Gasteiger partial charge in [-0.2, -0.15) is 0 Å². The third-order valence-electron chi connectivity index (χ3n) is 4.06. The molecular weight excluding hydrogens is 395 g/mol. The summed E-state index contributed by atoms with van der Waals surface area (Å²) in [5.74, 6) is -0.372. The fourth-order valence-electron chi connectivity index (χ4n) is 2.55. The first-order valence-electron chi connectivity index (χ1n) is 8.67. The quantitative estimate of drug-likeness (QED) is 0.552. The van der Waals surface area contributed by atoms with Crippen molar-refractivity contribution >= 4 is 27.4 Å². The fourth-order valence-corrected chi connectivity index (χ4v) is 3.22. The Morgan fingerprint density at radius 2 is 1.86 bits per heavy atom. The molecule has 0 aliphatic rings. The maximum atomic E-state index is 13.3. The molecule has 0 radical (unpaired) electrons. The van der Waals surface area contributed by atoms with Crippen LogP contribution in [0.3, 0.4) is 0 Å². The minimum atomic E-state index is -3.53. The van der Waals surface area contributed by atoms with Crippen LogP contribution < -0.4 is 15.4 Å². The van der Waals surface area contributed by atoms with Crippen molar-refractivity contribution in [2.24, 2.45) is 0 Å². The summed E-state index contributed by atoms with van der Waals surface area (Å²) in [6, 6.07) is 15.6. The second-order valence-corrected chi connectivity index (χ2v) is 7.99. The van der Waals surface area contributed by atoms with Crippen molar-refractivity contribution in [3.05, 3.63) is 83.8 Å². The number of carbonyl (C=O) groups excluding carboxylic acids is 1. The Morgan fingerprint density at radius 1 is 1.07 bits per heavy atom. The van der Waals surface area contributed by atoms with Gasteiger partial charge < -0.3 is 10.6 Å². The molecule has 0 unspecified atom stereocenters. The highest BCUT2D eigenvalue weighted by atomic mass is 32.2. The Bertz CT molecular complexity index is 1120. The van der Waals surface area contributed by atoms with Gasteiger partial charge in [0.25, 0.3) is 5.91 Å². The number of hydrogen-bond donors (Lipinski definition) is 3. The molecule has 0 aliphatic carbocycles. The predicted octanol–water partition coefficient (Wildman–Crippen LogP) is 2.99. The van der Waals surface area contributed by atoms with Crippen molar-refractivity contribution in [1.82, 2.24) is 9.71 Å². The molecule has 1 heterocycles. The van der Waals surface area contributed by atoms with E-state index in [2.05, 4.69) is 20.3 Å². The molecule has 3 aromatic rings. The summed E-state index contributed by atoms with van der Waals surface area (Å²) in [4.78, 5) is 16.4. The first-order chi connectivity index (χ1) is 13.9. The van der Waals surface area contributed by atoms with E-state index in [1.807, 2.05) is 6.07 Å². The molecule has 150 valence electrons. The maximum Gasteiger partial charge on any atom is 0.255 e. The largest absolute Gasteiger partial charge is 0.366 e. The summed E-state index contributed by atoms with van der Waals surface area (Å²) in [6.45, 7) is 0.412. The van der Waals surface area contributed by atoms with Crippen molar-refractivity contribution in [2.75, 3.05) is 17.7 Å². The molecule has 0 fully saturated rings. The van der Waals surface area contributed by atoms with E-state index in [4.69, 9.17) is 0 Å². The number of nitrogens with zero attached hydrogens (tertiary/aromatic N) is 1. The van der Waals surface area contributed by atoms with E-state index in [-0.39, 0.29) is 10.5 Å². The lowest BCUT2D eigenvalue weighted by atomic mass is 10.1. The van der Waals surface area contributed by atoms with Crippen molar-refractivity contribution in [3.63, 3.8) is 0 Å². The van der Waals surface area contributed by atoms with Crippen molar-refractivity contribution in [2.45, 2.75) is 11.4 Å². The number of nitrogens with one attached hydrogen (secondary N) is 3. The topological polar surface area (TPSA) is 100 Å². The summed E-state index contributed by atoms with van der Waals surface area (Å²) in [7, 11) is -2.19. The van der Waals surface area contributed by atoms with Crippen LogP contribution in [0, 0.1) is 5.82 Å². The van der Waals surface area contributed by atoms with Gasteiger partial charge in [0.15, 0.2) is 0 Å². The first-order valence-corrected chi connectivity index (χ1v) is 10.1. The van der Waals surface area contributed by atoms with Crippen LogP contribution >= 0.6 is 0 Å². The molecule has 0 bridgehead atoms. The van der Waals surface area contributed by atoms with Crippen LogP contribution in [-0.2, 0) is 16.6 Å². The average molecular weight is 414 g/mol. The number of sulfonamides is 1. The standard InChI is InChI=1S/C20H19FN4O3S/c1-22-29(27,28)18-8-9-19(24-13-18)23-12-14-4-2-7-17(10-14)25-20(26)15-5-3-6-16(21)11-15/h2-11,13,22H,12H2,1H3,(H,23,24)(H,25,26). The average Bonchev–Trinajstić information content (AvgIpc) is 2.73. The van der Waals surface area contributed by atoms with Gasteiger partial charge in [-0.25, -0.2) is 22.5 Å². The van der Waals surface area contributed by atoms with E-state index >= 15 is 0 Å². The van der Waals surface area contributed by atoms with E-state index in [1.165, 1.54) is 43.6 Å². The summed E-state index contributed by atoms with van der Waals surface area (Å²) in [5.41, 5.74) is 1.67. The maximum absolute atomic E-state index is 13.3. The van der Waals surface area contributed by atoms with Gasteiger partial charge >= 0.3 is 0 Å². The normalized spacial score (nSPS) is 11.1. The Morgan fingerprint density at radius 3 is 2.55 bits per heavy atom. The van der Waals surface area contributed by atoms with Gasteiger partial charge in [-0.05, 0) is 55.1 Å². The second-order valence-electron chi connectivity index (χ2n) is 6.11. The first kappa shape index (κ1) is 20.4. The van der Waals surface area contributed by atoms with Crippen molar-refractivity contribution in [3.8, 4) is 0 Å². The molecule has 0 saturated heterocycles. The van der Waals surface area contributed by atoms with Gasteiger partial charge in [0.2, 0.25) is 10.0 Å². The lowest BCUT2D eigenvalue weighted by Gasteiger charge is -2.10. The third-order valence-corrected chi connectivity index (χ3v) is 5.46. The van der Waals surface area contributed by atoms with Gasteiger partial charge in [0.1, 0.15) is 16.5 Å². The number of amides is 1. The zero-order valence-corrected chi connectivity index (χ0v) is 16.3.